The highest BCUT2D eigenvalue weighted by Gasteiger charge is 2.45. The van der Waals surface area contributed by atoms with Crippen LogP contribution < -0.4 is 11.1 Å². The van der Waals surface area contributed by atoms with E-state index in [-0.39, 0.29) is 37.8 Å². The summed E-state index contributed by atoms with van der Waals surface area (Å²) in [6.07, 6.45) is -2.65. The first-order valence-corrected chi connectivity index (χ1v) is 7.01. The van der Waals surface area contributed by atoms with Crippen LogP contribution in [0, 0.1) is 11.8 Å². The third-order valence-electron chi connectivity index (χ3n) is 4.27. The maximum Gasteiger partial charge on any atom is 0.406 e. The smallest absolute Gasteiger partial charge is 0.349 e. The van der Waals surface area contributed by atoms with E-state index in [1.807, 2.05) is 6.92 Å². The molecule has 9 heteroatoms. The Bertz CT molecular complexity index is 443. The highest BCUT2D eigenvalue weighted by molar-refractivity contribution is 5.89. The number of nitrogens with zero attached hydrogens (tertiary/aromatic N) is 1. The van der Waals surface area contributed by atoms with E-state index in [9.17, 15) is 22.8 Å². The molecule has 2 amide bonds. The van der Waals surface area contributed by atoms with Gasteiger partial charge in [0, 0.05) is 19.5 Å². The van der Waals surface area contributed by atoms with Crippen LogP contribution in [0.5, 0.6) is 0 Å². The molecular formula is C13H21ClF3N3O2. The standard InChI is InChI=1S/C13H20F3N3O2.ClH/c1-12(6-17,9-2-3-9)18-11(21)8-4-10(20)19(5-8)7-13(14,15)16;/h8-9H,2-7,17H2,1H3,(H,18,21);1H. The second-order valence-electron chi connectivity index (χ2n) is 6.18. The molecule has 3 N–H and O–H groups in total. The van der Waals surface area contributed by atoms with E-state index in [0.29, 0.717) is 10.8 Å². The summed E-state index contributed by atoms with van der Waals surface area (Å²) >= 11 is 0. The first-order valence-electron chi connectivity index (χ1n) is 7.01. The van der Waals surface area contributed by atoms with E-state index >= 15 is 0 Å². The predicted octanol–water partition coefficient (Wildman–Crippen LogP) is 1.06. The molecule has 2 rings (SSSR count). The number of nitrogens with one attached hydrogen (secondary N) is 1. The summed E-state index contributed by atoms with van der Waals surface area (Å²) in [6, 6.07) is 0. The first-order chi connectivity index (χ1) is 9.64. The summed E-state index contributed by atoms with van der Waals surface area (Å²) < 4.78 is 37.0. The van der Waals surface area contributed by atoms with E-state index in [1.165, 1.54) is 0 Å². The topological polar surface area (TPSA) is 75.4 Å². The Morgan fingerprint density at radius 2 is 2.00 bits per heavy atom. The molecule has 1 saturated heterocycles. The summed E-state index contributed by atoms with van der Waals surface area (Å²) in [5, 5.41) is 2.83. The molecule has 128 valence electrons. The van der Waals surface area contributed by atoms with Gasteiger partial charge >= 0.3 is 6.18 Å². The Balaban J connectivity index is 0.00000242. The van der Waals surface area contributed by atoms with Crippen molar-refractivity contribution >= 4 is 24.2 Å². The van der Waals surface area contributed by atoms with Crippen LogP contribution in [0.3, 0.4) is 0 Å². The van der Waals surface area contributed by atoms with Crippen molar-refractivity contribution < 1.29 is 22.8 Å². The Labute approximate surface area is 133 Å². The van der Waals surface area contributed by atoms with Crippen LogP contribution in [-0.2, 0) is 9.59 Å². The third kappa shape index (κ3) is 4.49. The number of halogens is 4. The molecule has 1 saturated carbocycles. The fourth-order valence-electron chi connectivity index (χ4n) is 2.74. The molecular weight excluding hydrogens is 323 g/mol. The lowest BCUT2D eigenvalue weighted by atomic mass is 9.94. The largest absolute Gasteiger partial charge is 0.406 e. The first kappa shape index (κ1) is 19.0. The van der Waals surface area contributed by atoms with E-state index in [2.05, 4.69) is 5.32 Å². The molecule has 0 bridgehead atoms. The van der Waals surface area contributed by atoms with Gasteiger partial charge in [0.2, 0.25) is 11.8 Å². The van der Waals surface area contributed by atoms with Crippen molar-refractivity contribution in [1.82, 2.24) is 10.2 Å². The van der Waals surface area contributed by atoms with Gasteiger partial charge in [-0.15, -0.1) is 12.4 Å². The number of carbonyl (C=O) groups excluding carboxylic acids is 2. The zero-order chi connectivity index (χ0) is 15.8. The molecule has 0 spiro atoms. The maximum absolute atomic E-state index is 12.3. The van der Waals surface area contributed by atoms with Gasteiger partial charge in [-0.05, 0) is 25.7 Å². The van der Waals surface area contributed by atoms with E-state index in [4.69, 9.17) is 5.73 Å². The molecule has 5 nitrogen and oxygen atoms in total. The minimum absolute atomic E-state index is 0. The summed E-state index contributed by atoms with van der Waals surface area (Å²) in [4.78, 5) is 24.4. The summed E-state index contributed by atoms with van der Waals surface area (Å²) in [7, 11) is 0. The van der Waals surface area contributed by atoms with Crippen molar-refractivity contribution in [3.63, 3.8) is 0 Å². The van der Waals surface area contributed by atoms with Gasteiger partial charge in [0.05, 0.1) is 11.5 Å². The number of nitrogens with two attached hydrogens (primary N) is 1. The SMILES string of the molecule is CC(CN)(NC(=O)C1CC(=O)N(CC(F)(F)F)C1)C1CC1.Cl. The second kappa shape index (κ2) is 6.62. The van der Waals surface area contributed by atoms with Gasteiger partial charge in [-0.25, -0.2) is 0 Å². The van der Waals surface area contributed by atoms with Gasteiger partial charge in [0.15, 0.2) is 0 Å². The van der Waals surface area contributed by atoms with Crippen molar-refractivity contribution in [3.8, 4) is 0 Å². The van der Waals surface area contributed by atoms with Gasteiger partial charge < -0.3 is 16.0 Å². The molecule has 1 aliphatic carbocycles. The van der Waals surface area contributed by atoms with Gasteiger partial charge in [-0.3, -0.25) is 9.59 Å². The molecule has 0 radical (unpaired) electrons. The van der Waals surface area contributed by atoms with Crippen molar-refractivity contribution in [2.75, 3.05) is 19.6 Å². The average Bonchev–Trinajstić information content (AvgIpc) is 3.15. The maximum atomic E-state index is 12.3. The minimum atomic E-state index is -4.44. The van der Waals surface area contributed by atoms with Crippen LogP contribution in [0.1, 0.15) is 26.2 Å². The number of hydrogen-bond donors (Lipinski definition) is 2. The molecule has 2 fully saturated rings. The van der Waals surface area contributed by atoms with Gasteiger partial charge in [0.1, 0.15) is 6.54 Å². The lowest BCUT2D eigenvalue weighted by molar-refractivity contribution is -0.157. The molecule has 2 aliphatic rings. The zero-order valence-electron chi connectivity index (χ0n) is 12.3. The highest BCUT2D eigenvalue weighted by atomic mass is 35.5. The number of carbonyl (C=O) groups is 2. The monoisotopic (exact) mass is 343 g/mol. The van der Waals surface area contributed by atoms with Crippen molar-refractivity contribution in [2.45, 2.75) is 37.9 Å². The van der Waals surface area contributed by atoms with E-state index < -0.39 is 30.1 Å². The van der Waals surface area contributed by atoms with Crippen molar-refractivity contribution in [2.24, 2.45) is 17.6 Å². The predicted molar refractivity (Wildman–Crippen MR) is 76.3 cm³/mol. The fourth-order valence-corrected chi connectivity index (χ4v) is 2.74. The average molecular weight is 344 g/mol. The molecule has 0 aromatic rings. The van der Waals surface area contributed by atoms with Crippen LogP contribution in [0.2, 0.25) is 0 Å². The Morgan fingerprint density at radius 3 is 2.45 bits per heavy atom. The van der Waals surface area contributed by atoms with Crippen LogP contribution >= 0.6 is 12.4 Å². The zero-order valence-corrected chi connectivity index (χ0v) is 13.1. The van der Waals surface area contributed by atoms with Gasteiger partial charge in [-0.1, -0.05) is 0 Å². The van der Waals surface area contributed by atoms with Crippen LogP contribution in [0.4, 0.5) is 13.2 Å². The third-order valence-corrected chi connectivity index (χ3v) is 4.27. The van der Waals surface area contributed by atoms with Crippen LogP contribution in [0.25, 0.3) is 0 Å². The number of alkyl halides is 3. The summed E-state index contributed by atoms with van der Waals surface area (Å²) in [5.41, 5.74) is 5.16. The number of likely N-dealkylation sites (tertiary alicyclic amines) is 1. The molecule has 2 atom stereocenters. The molecule has 1 aliphatic heterocycles. The van der Waals surface area contributed by atoms with Gasteiger partial charge in [-0.2, -0.15) is 13.2 Å². The Kier molecular flexibility index (Phi) is 5.72. The molecule has 0 aromatic heterocycles. The molecule has 2 unspecified atom stereocenters. The molecule has 1 heterocycles. The summed E-state index contributed by atoms with van der Waals surface area (Å²) in [5.74, 6) is -1.43. The highest BCUT2D eigenvalue weighted by Crippen LogP contribution is 2.39. The van der Waals surface area contributed by atoms with Crippen LogP contribution in [-0.4, -0.2) is 48.1 Å². The normalized spacial score (nSPS) is 24.7. The molecule has 22 heavy (non-hydrogen) atoms. The minimum Gasteiger partial charge on any atom is -0.349 e. The number of amides is 2. The number of rotatable bonds is 5. The van der Waals surface area contributed by atoms with E-state index in [1.54, 1.807) is 0 Å². The van der Waals surface area contributed by atoms with Gasteiger partial charge in [0.25, 0.3) is 0 Å². The second-order valence-corrected chi connectivity index (χ2v) is 6.18. The fraction of sp³-hybridized carbons (Fsp3) is 0.846. The quantitative estimate of drug-likeness (QED) is 0.784. The van der Waals surface area contributed by atoms with E-state index in [0.717, 1.165) is 12.8 Å². The lowest BCUT2D eigenvalue weighted by Gasteiger charge is -2.30. The van der Waals surface area contributed by atoms with Crippen LogP contribution in [0.15, 0.2) is 0 Å². The van der Waals surface area contributed by atoms with Crippen molar-refractivity contribution in [3.05, 3.63) is 0 Å². The Hall–Kier alpha value is -1.02. The Morgan fingerprint density at radius 1 is 1.41 bits per heavy atom. The lowest BCUT2D eigenvalue weighted by Crippen LogP contribution is -2.55. The summed E-state index contributed by atoms with van der Waals surface area (Å²) in [6.45, 7) is 0.630. The van der Waals surface area contributed by atoms with Crippen molar-refractivity contribution in [1.29, 1.82) is 0 Å². The number of hydrogen-bond acceptors (Lipinski definition) is 3. The molecule has 0 aromatic carbocycles.